The first-order valence-corrected chi connectivity index (χ1v) is 8.98. The van der Waals surface area contributed by atoms with Gasteiger partial charge in [-0.25, -0.2) is 14.8 Å². The van der Waals surface area contributed by atoms with Gasteiger partial charge in [-0.15, -0.1) is 0 Å². The molecule has 8 heteroatoms. The predicted octanol–water partition coefficient (Wildman–Crippen LogP) is 3.79. The van der Waals surface area contributed by atoms with Gasteiger partial charge in [-0.1, -0.05) is 64.5 Å². The second kappa shape index (κ2) is 8.38. The Morgan fingerprint density at radius 1 is 1.26 bits per heavy atom. The van der Waals surface area contributed by atoms with Gasteiger partial charge in [0.15, 0.2) is 0 Å². The van der Waals surface area contributed by atoms with Crippen molar-refractivity contribution in [2.45, 2.75) is 5.33 Å². The van der Waals surface area contributed by atoms with Crippen molar-refractivity contribution >= 4 is 28.1 Å². The van der Waals surface area contributed by atoms with Gasteiger partial charge >= 0.3 is 0 Å². The van der Waals surface area contributed by atoms with Crippen molar-refractivity contribution in [2.75, 3.05) is 5.43 Å². The summed E-state index contributed by atoms with van der Waals surface area (Å²) in [6.07, 6.45) is 1.29. The number of H-pyrrole nitrogens is 1. The van der Waals surface area contributed by atoms with Crippen LogP contribution in [0.1, 0.15) is 16.7 Å². The predicted molar refractivity (Wildman–Crippen MR) is 105 cm³/mol. The lowest BCUT2D eigenvalue weighted by Gasteiger charge is -2.06. The van der Waals surface area contributed by atoms with Gasteiger partial charge < -0.3 is 0 Å². The van der Waals surface area contributed by atoms with Gasteiger partial charge in [0.1, 0.15) is 17.4 Å². The molecule has 2 aromatic carbocycles. The number of aromatic amines is 1. The number of hydrazone groups is 1. The lowest BCUT2D eigenvalue weighted by molar-refractivity contribution is 0.616. The van der Waals surface area contributed by atoms with Crippen LogP contribution in [0.5, 0.6) is 0 Å². The number of nitrogens with zero attached hydrogens (tertiary/aromatic N) is 3. The van der Waals surface area contributed by atoms with Crippen LogP contribution in [0.4, 0.5) is 10.3 Å². The molecule has 0 saturated carbocycles. The van der Waals surface area contributed by atoms with Gasteiger partial charge in [-0.3, -0.25) is 9.78 Å². The summed E-state index contributed by atoms with van der Waals surface area (Å²) >= 11 is 3.22. The highest BCUT2D eigenvalue weighted by Gasteiger charge is 2.13. The van der Waals surface area contributed by atoms with E-state index in [9.17, 15) is 14.4 Å². The van der Waals surface area contributed by atoms with E-state index in [1.165, 1.54) is 6.21 Å². The first-order valence-electron chi connectivity index (χ1n) is 7.86. The molecule has 0 saturated heterocycles. The van der Waals surface area contributed by atoms with Gasteiger partial charge in [0, 0.05) is 16.5 Å². The third kappa shape index (κ3) is 4.10. The molecule has 1 aromatic heterocycles. The Labute approximate surface area is 162 Å². The molecule has 6 nitrogen and oxygen atoms in total. The van der Waals surface area contributed by atoms with Crippen LogP contribution in [0.25, 0.3) is 11.3 Å². The van der Waals surface area contributed by atoms with Crippen molar-refractivity contribution in [1.29, 1.82) is 5.26 Å². The van der Waals surface area contributed by atoms with Crippen molar-refractivity contribution in [2.24, 2.45) is 5.10 Å². The first-order chi connectivity index (χ1) is 13.1. The Kier molecular flexibility index (Phi) is 5.74. The Morgan fingerprint density at radius 3 is 2.74 bits per heavy atom. The summed E-state index contributed by atoms with van der Waals surface area (Å²) in [5, 5.41) is 13.6. The molecule has 2 N–H and O–H groups in total. The number of aromatic nitrogens is 2. The smallest absolute Gasteiger partial charge is 0.270 e. The lowest BCUT2D eigenvalue weighted by Crippen LogP contribution is -2.16. The van der Waals surface area contributed by atoms with Gasteiger partial charge in [-0.2, -0.15) is 10.4 Å². The Balaban J connectivity index is 1.92. The Hall–Kier alpha value is -3.31. The third-order valence-corrected chi connectivity index (χ3v) is 4.31. The molecule has 0 bridgehead atoms. The number of benzene rings is 2. The monoisotopic (exact) mass is 425 g/mol. The SMILES string of the molecule is N#Cc1c(-c2ccccc2)nc(NN=Cc2cccc(CBr)c2F)[nH]c1=O. The molecule has 0 unspecified atom stereocenters. The van der Waals surface area contributed by atoms with E-state index in [0.717, 1.165) is 0 Å². The number of hydrogen-bond acceptors (Lipinski definition) is 5. The van der Waals surface area contributed by atoms with Gasteiger partial charge in [0.25, 0.3) is 5.56 Å². The van der Waals surface area contributed by atoms with Gasteiger partial charge in [-0.05, 0) is 5.56 Å². The molecule has 0 spiro atoms. The highest BCUT2D eigenvalue weighted by molar-refractivity contribution is 9.08. The molecule has 3 aromatic rings. The molecule has 27 heavy (non-hydrogen) atoms. The molecule has 0 fully saturated rings. The Morgan fingerprint density at radius 2 is 2.04 bits per heavy atom. The van der Waals surface area contributed by atoms with Crippen LogP contribution in [-0.4, -0.2) is 16.2 Å². The summed E-state index contributed by atoms with van der Waals surface area (Å²) in [4.78, 5) is 18.9. The van der Waals surface area contributed by atoms with Crippen molar-refractivity contribution in [3.05, 3.63) is 81.4 Å². The normalized spacial score (nSPS) is 10.7. The molecule has 1 heterocycles. The molecule has 134 valence electrons. The van der Waals surface area contributed by atoms with Crippen molar-refractivity contribution in [3.8, 4) is 17.3 Å². The Bertz CT molecular complexity index is 1090. The van der Waals surface area contributed by atoms with Gasteiger partial charge in [0.05, 0.1) is 11.9 Å². The average Bonchev–Trinajstić information content (AvgIpc) is 2.69. The standard InChI is InChI=1S/C19H13BrFN5O/c20-9-13-7-4-8-14(16(13)21)11-23-26-19-24-17(12-5-2-1-3-6-12)15(10-22)18(27)25-19/h1-8,11H,9H2,(H2,24,25,26,27). The minimum Gasteiger partial charge on any atom is -0.290 e. The van der Waals surface area contributed by atoms with Crippen molar-refractivity contribution < 1.29 is 4.39 Å². The minimum atomic E-state index is -0.587. The topological polar surface area (TPSA) is 93.9 Å². The second-order valence-corrected chi connectivity index (χ2v) is 6.00. The van der Waals surface area contributed by atoms with Crippen LogP contribution in [0.2, 0.25) is 0 Å². The minimum absolute atomic E-state index is 0.0474. The molecule has 0 aliphatic rings. The third-order valence-electron chi connectivity index (χ3n) is 3.71. The summed E-state index contributed by atoms with van der Waals surface area (Å²) < 4.78 is 14.2. The van der Waals surface area contributed by atoms with E-state index in [4.69, 9.17) is 0 Å². The largest absolute Gasteiger partial charge is 0.290 e. The second-order valence-electron chi connectivity index (χ2n) is 5.44. The molecule has 0 atom stereocenters. The van der Waals surface area contributed by atoms with Crippen molar-refractivity contribution in [3.63, 3.8) is 0 Å². The first kappa shape index (κ1) is 18.5. The van der Waals surface area contributed by atoms with E-state index >= 15 is 0 Å². The number of nitrogens with one attached hydrogen (secondary N) is 2. The number of halogens is 2. The van der Waals surface area contributed by atoms with Crippen LogP contribution in [-0.2, 0) is 5.33 Å². The zero-order chi connectivity index (χ0) is 19.2. The van der Waals surface area contributed by atoms with E-state index in [1.54, 1.807) is 42.5 Å². The fourth-order valence-electron chi connectivity index (χ4n) is 2.40. The van der Waals surface area contributed by atoms with Crippen LogP contribution in [0.15, 0.2) is 58.4 Å². The summed E-state index contributed by atoms with van der Waals surface area (Å²) in [6.45, 7) is 0. The van der Waals surface area contributed by atoms with E-state index in [0.29, 0.717) is 22.0 Å². The van der Waals surface area contributed by atoms with Crippen molar-refractivity contribution in [1.82, 2.24) is 9.97 Å². The number of anilines is 1. The van der Waals surface area contributed by atoms with E-state index in [1.807, 2.05) is 12.1 Å². The molecular weight excluding hydrogens is 413 g/mol. The van der Waals surface area contributed by atoms with E-state index < -0.39 is 5.56 Å². The fourth-order valence-corrected chi connectivity index (χ4v) is 2.83. The summed E-state index contributed by atoms with van der Waals surface area (Å²) in [7, 11) is 0. The lowest BCUT2D eigenvalue weighted by atomic mass is 10.1. The molecule has 0 aliphatic carbocycles. The van der Waals surface area contributed by atoms with Crippen LogP contribution < -0.4 is 11.0 Å². The zero-order valence-electron chi connectivity index (χ0n) is 13.9. The van der Waals surface area contributed by atoms with Gasteiger partial charge in [0.2, 0.25) is 5.95 Å². The maximum Gasteiger partial charge on any atom is 0.270 e. The molecular formula is C19H13BrFN5O. The van der Waals surface area contributed by atoms with Crippen LogP contribution in [0.3, 0.4) is 0 Å². The molecule has 0 aliphatic heterocycles. The molecule has 0 radical (unpaired) electrons. The van der Waals surface area contributed by atoms with Crippen LogP contribution in [0, 0.1) is 17.1 Å². The summed E-state index contributed by atoms with van der Waals surface area (Å²) in [5.41, 5.74) is 3.57. The number of rotatable bonds is 5. The summed E-state index contributed by atoms with van der Waals surface area (Å²) in [6, 6.07) is 15.7. The van der Waals surface area contributed by atoms with Crippen LogP contribution >= 0.6 is 15.9 Å². The maximum atomic E-state index is 14.2. The van der Waals surface area contributed by atoms with E-state index in [-0.39, 0.29) is 23.0 Å². The summed E-state index contributed by atoms with van der Waals surface area (Å²) in [5.74, 6) is -0.336. The number of alkyl halides is 1. The quantitative estimate of drug-likeness (QED) is 0.369. The molecule has 0 amide bonds. The highest BCUT2D eigenvalue weighted by Crippen LogP contribution is 2.19. The maximum absolute atomic E-state index is 14.2. The number of nitriles is 1. The van der Waals surface area contributed by atoms with E-state index in [2.05, 4.69) is 36.4 Å². The highest BCUT2D eigenvalue weighted by atomic mass is 79.9. The average molecular weight is 426 g/mol. The zero-order valence-corrected chi connectivity index (χ0v) is 15.5. The molecule has 3 rings (SSSR count). The number of hydrogen-bond donors (Lipinski definition) is 2. The fraction of sp³-hybridized carbons (Fsp3) is 0.0526.